The first kappa shape index (κ1) is 17.9. The predicted octanol–water partition coefficient (Wildman–Crippen LogP) is 4.22. The molecule has 2 aromatic heterocycles. The molecule has 0 radical (unpaired) electrons. The number of nitriles is 1. The van der Waals surface area contributed by atoms with Gasteiger partial charge in [0.15, 0.2) is 0 Å². The number of rotatable bonds is 3. The normalized spacial score (nSPS) is 18.9. The molecule has 4 rings (SSSR count). The molecule has 1 aliphatic heterocycles. The van der Waals surface area contributed by atoms with Gasteiger partial charge in [-0.2, -0.15) is 5.26 Å². The second-order valence-corrected chi connectivity index (χ2v) is 7.24. The fraction of sp³-hybridized carbons (Fsp3) is 0.150. The molecule has 3 heterocycles. The van der Waals surface area contributed by atoms with E-state index in [9.17, 15) is 9.18 Å². The Balaban J connectivity index is 1.72. The van der Waals surface area contributed by atoms with Gasteiger partial charge in [0.2, 0.25) is 0 Å². The Labute approximate surface area is 164 Å². The van der Waals surface area contributed by atoms with Crippen molar-refractivity contribution >= 4 is 23.1 Å². The molecule has 6 nitrogen and oxygen atoms in total. The van der Waals surface area contributed by atoms with E-state index in [-0.39, 0.29) is 5.92 Å². The van der Waals surface area contributed by atoms with Crippen LogP contribution in [-0.4, -0.2) is 21.7 Å². The van der Waals surface area contributed by atoms with Crippen LogP contribution >= 0.6 is 11.3 Å². The van der Waals surface area contributed by atoms with E-state index in [1.165, 1.54) is 23.6 Å². The van der Waals surface area contributed by atoms with Crippen LogP contribution in [0.1, 0.15) is 35.0 Å². The molecule has 0 aliphatic carbocycles. The summed E-state index contributed by atoms with van der Waals surface area (Å²) >= 11 is 1.45. The highest BCUT2D eigenvalue weighted by Crippen LogP contribution is 2.37. The lowest BCUT2D eigenvalue weighted by atomic mass is 9.89. The zero-order valence-electron chi connectivity index (χ0n) is 14.8. The summed E-state index contributed by atoms with van der Waals surface area (Å²) in [5.41, 5.74) is 3.41. The largest absolute Gasteiger partial charge is 0.341 e. The van der Waals surface area contributed by atoms with Gasteiger partial charge in [0.05, 0.1) is 35.5 Å². The number of benzene rings is 1. The Hall–Kier alpha value is -3.44. The number of nitrogens with zero attached hydrogens (tertiary/aromatic N) is 4. The summed E-state index contributed by atoms with van der Waals surface area (Å²) in [5.74, 6) is -0.790. The van der Waals surface area contributed by atoms with Crippen molar-refractivity contribution < 1.29 is 9.18 Å². The highest BCUT2D eigenvalue weighted by Gasteiger charge is 2.35. The summed E-state index contributed by atoms with van der Waals surface area (Å²) in [4.78, 5) is 24.6. The van der Waals surface area contributed by atoms with Crippen LogP contribution in [0.25, 0.3) is 11.3 Å². The van der Waals surface area contributed by atoms with Crippen molar-refractivity contribution in [3.05, 3.63) is 70.1 Å². The molecule has 8 heteroatoms. The lowest BCUT2D eigenvalue weighted by Gasteiger charge is -2.29. The van der Waals surface area contributed by atoms with Gasteiger partial charge >= 0.3 is 6.03 Å². The predicted molar refractivity (Wildman–Crippen MR) is 104 cm³/mol. The fourth-order valence-corrected chi connectivity index (χ4v) is 4.22. The molecule has 0 saturated carbocycles. The smallest absolute Gasteiger partial charge is 0.328 e. The molecular weight excluding hydrogens is 377 g/mol. The third-order valence-corrected chi connectivity index (χ3v) is 5.45. The van der Waals surface area contributed by atoms with E-state index < -0.39 is 17.9 Å². The van der Waals surface area contributed by atoms with E-state index in [2.05, 4.69) is 21.4 Å². The molecule has 138 valence electrons. The van der Waals surface area contributed by atoms with E-state index in [0.717, 1.165) is 22.5 Å². The minimum atomic E-state index is -0.506. The number of thiazole rings is 1. The number of halogens is 1. The van der Waals surface area contributed by atoms with Gasteiger partial charge in [-0.3, -0.25) is 4.98 Å². The fourth-order valence-electron chi connectivity index (χ4n) is 3.19. The number of urea groups is 1. The maximum Gasteiger partial charge on any atom is 0.341 e. The number of aliphatic imine (C=N–C) groups is 1. The molecule has 1 N–H and O–H groups in total. The Morgan fingerprint density at radius 3 is 2.75 bits per heavy atom. The number of amides is 2. The number of carbonyl (C=O) groups excluding carboxylic acids is 1. The number of aromatic nitrogens is 2. The van der Waals surface area contributed by atoms with Crippen LogP contribution in [-0.2, 0) is 0 Å². The Morgan fingerprint density at radius 2 is 2.04 bits per heavy atom. The van der Waals surface area contributed by atoms with E-state index in [4.69, 9.17) is 10.2 Å². The van der Waals surface area contributed by atoms with Crippen molar-refractivity contribution in [2.75, 3.05) is 0 Å². The van der Waals surface area contributed by atoms with Crippen molar-refractivity contribution in [1.29, 1.82) is 5.26 Å². The first-order valence-corrected chi connectivity index (χ1v) is 9.35. The molecule has 0 saturated heterocycles. The maximum atomic E-state index is 13.7. The molecule has 2 unspecified atom stereocenters. The molecule has 1 aromatic carbocycles. The van der Waals surface area contributed by atoms with Crippen molar-refractivity contribution in [2.24, 2.45) is 4.99 Å². The number of hydrogen-bond acceptors (Lipinski definition) is 5. The summed E-state index contributed by atoms with van der Waals surface area (Å²) in [5, 5.41) is 14.4. The summed E-state index contributed by atoms with van der Waals surface area (Å²) in [6, 6.07) is 9.64. The molecular formula is C20H14FN5OS. The molecule has 0 bridgehead atoms. The number of carbonyl (C=O) groups is 1. The van der Waals surface area contributed by atoms with Gasteiger partial charge in [0, 0.05) is 22.9 Å². The van der Waals surface area contributed by atoms with Gasteiger partial charge in [-0.15, -0.1) is 11.3 Å². The lowest BCUT2D eigenvalue weighted by molar-refractivity contribution is 0.243. The first-order chi connectivity index (χ1) is 13.5. The second kappa shape index (κ2) is 7.29. The molecule has 3 aromatic rings. The van der Waals surface area contributed by atoms with Crippen molar-refractivity contribution in [2.45, 2.75) is 18.9 Å². The topological polar surface area (TPSA) is 91.0 Å². The average Bonchev–Trinajstić information content (AvgIpc) is 3.17. The summed E-state index contributed by atoms with van der Waals surface area (Å²) in [6.07, 6.45) is 2.66. The van der Waals surface area contributed by atoms with Crippen LogP contribution in [0.2, 0.25) is 0 Å². The van der Waals surface area contributed by atoms with E-state index in [1.54, 1.807) is 19.1 Å². The van der Waals surface area contributed by atoms with Gasteiger partial charge < -0.3 is 5.32 Å². The summed E-state index contributed by atoms with van der Waals surface area (Å²) in [6.45, 7) is 1.77. The quantitative estimate of drug-likeness (QED) is 0.723. The Bertz CT molecular complexity index is 1120. The molecule has 0 fully saturated rings. The van der Waals surface area contributed by atoms with Crippen LogP contribution in [0.3, 0.4) is 0 Å². The summed E-state index contributed by atoms with van der Waals surface area (Å²) in [7, 11) is 0. The minimum absolute atomic E-state index is 0.321. The van der Waals surface area contributed by atoms with Gasteiger partial charge in [0.1, 0.15) is 10.8 Å². The van der Waals surface area contributed by atoms with Crippen LogP contribution in [0.15, 0.2) is 53.1 Å². The van der Waals surface area contributed by atoms with E-state index in [1.807, 2.05) is 17.5 Å². The highest BCUT2D eigenvalue weighted by atomic mass is 32.1. The van der Waals surface area contributed by atoms with Gasteiger partial charge in [-0.1, -0.05) is 12.1 Å². The molecule has 2 amide bonds. The van der Waals surface area contributed by atoms with Crippen LogP contribution in [0, 0.1) is 17.1 Å². The van der Waals surface area contributed by atoms with Crippen molar-refractivity contribution in [3.8, 4) is 17.3 Å². The van der Waals surface area contributed by atoms with Gasteiger partial charge in [-0.05, 0) is 30.7 Å². The average molecular weight is 391 g/mol. The standard InChI is InChI=1S/C20H14FN5OS/c1-11-17(18(26-20(27)24-11)14-6-15(21)9-23-8-14)19-25-16(10-28-19)13-4-2-12(7-22)3-5-13/h2-6,8-10,17-18H,1H3,(H,26,27). The number of hydrogen-bond donors (Lipinski definition) is 1. The maximum absolute atomic E-state index is 13.7. The zero-order valence-corrected chi connectivity index (χ0v) is 15.6. The summed E-state index contributed by atoms with van der Waals surface area (Å²) < 4.78 is 13.7. The minimum Gasteiger partial charge on any atom is -0.328 e. The van der Waals surface area contributed by atoms with Crippen LogP contribution in [0.4, 0.5) is 9.18 Å². The third-order valence-electron chi connectivity index (χ3n) is 4.52. The lowest BCUT2D eigenvalue weighted by Crippen LogP contribution is -2.38. The van der Waals surface area contributed by atoms with Crippen molar-refractivity contribution in [3.63, 3.8) is 0 Å². The van der Waals surface area contributed by atoms with Crippen molar-refractivity contribution in [1.82, 2.24) is 15.3 Å². The van der Waals surface area contributed by atoms with Gasteiger partial charge in [-0.25, -0.2) is 19.2 Å². The first-order valence-electron chi connectivity index (χ1n) is 8.47. The third kappa shape index (κ3) is 3.40. The SMILES string of the molecule is CC1=NC(=O)NC(c2cncc(F)c2)C1c1nc(-c2ccc(C#N)cc2)cs1. The molecule has 2 atom stereocenters. The second-order valence-electron chi connectivity index (χ2n) is 6.35. The van der Waals surface area contributed by atoms with Gasteiger partial charge in [0.25, 0.3) is 0 Å². The molecule has 0 spiro atoms. The number of pyridine rings is 1. The van der Waals surface area contributed by atoms with E-state index >= 15 is 0 Å². The molecule has 28 heavy (non-hydrogen) atoms. The monoisotopic (exact) mass is 391 g/mol. The Morgan fingerprint density at radius 1 is 1.25 bits per heavy atom. The molecule has 1 aliphatic rings. The number of nitrogens with one attached hydrogen (secondary N) is 1. The van der Waals surface area contributed by atoms with Crippen LogP contribution in [0.5, 0.6) is 0 Å². The Kier molecular flexibility index (Phi) is 4.67. The highest BCUT2D eigenvalue weighted by molar-refractivity contribution is 7.10. The van der Waals surface area contributed by atoms with E-state index in [0.29, 0.717) is 16.8 Å². The zero-order chi connectivity index (χ0) is 19.7. The van der Waals surface area contributed by atoms with Crippen LogP contribution < -0.4 is 5.32 Å².